The molecule has 0 atom stereocenters. The maximum absolute atomic E-state index is 12.4. The normalized spacial score (nSPS) is 11.3. The van der Waals surface area contributed by atoms with E-state index in [4.69, 9.17) is 5.11 Å². The van der Waals surface area contributed by atoms with Gasteiger partial charge in [-0.05, 0) is 18.6 Å². The average molecular weight is 260 g/mol. The lowest BCUT2D eigenvalue weighted by molar-refractivity contribution is 0.307. The van der Waals surface area contributed by atoms with Gasteiger partial charge < -0.3 is 10.4 Å². The molecule has 0 aliphatic rings. The van der Waals surface area contributed by atoms with E-state index in [0.29, 0.717) is 17.0 Å². The fourth-order valence-electron chi connectivity index (χ4n) is 1.83. The smallest absolute Gasteiger partial charge is 0.268 e. The number of aromatic nitrogens is 2. The maximum atomic E-state index is 12.4. The number of nitrogens with one attached hydrogen (secondary N) is 1. The number of aliphatic hydroxyl groups excluding tert-OH is 1. The fourth-order valence-corrected chi connectivity index (χ4v) is 1.83. The van der Waals surface area contributed by atoms with Gasteiger partial charge in [-0.2, -0.15) is 0 Å². The minimum absolute atomic E-state index is 0.0488. The zero-order valence-electron chi connectivity index (χ0n) is 10.9. The number of aliphatic imine (C=N–C) groups is 1. The minimum Gasteiger partial charge on any atom is -0.394 e. The van der Waals surface area contributed by atoms with Crippen molar-refractivity contribution in [2.24, 2.45) is 4.99 Å². The maximum Gasteiger partial charge on any atom is 0.268 e. The number of hydrogen-bond donors (Lipinski definition) is 2. The van der Waals surface area contributed by atoms with Crippen LogP contribution in [0.5, 0.6) is 0 Å². The lowest BCUT2D eigenvalue weighted by atomic mass is 10.2. The minimum atomic E-state index is -0.181. The number of anilines is 1. The van der Waals surface area contributed by atoms with Gasteiger partial charge in [-0.15, -0.1) is 0 Å². The summed E-state index contributed by atoms with van der Waals surface area (Å²) in [7, 11) is 1.71. The zero-order valence-corrected chi connectivity index (χ0v) is 10.9. The van der Waals surface area contributed by atoms with Crippen LogP contribution in [0.2, 0.25) is 0 Å². The number of fused-ring (bicyclic) bond motifs is 1. The predicted octanol–water partition coefficient (Wildman–Crippen LogP) is 0.456. The van der Waals surface area contributed by atoms with Crippen LogP contribution in [-0.2, 0) is 0 Å². The van der Waals surface area contributed by atoms with Gasteiger partial charge in [0.25, 0.3) is 5.56 Å². The van der Waals surface area contributed by atoms with E-state index in [-0.39, 0.29) is 18.7 Å². The lowest BCUT2D eigenvalue weighted by Crippen LogP contribution is -2.22. The van der Waals surface area contributed by atoms with Crippen molar-refractivity contribution >= 4 is 17.7 Å². The molecule has 0 radical (unpaired) electrons. The van der Waals surface area contributed by atoms with Gasteiger partial charge in [0.15, 0.2) is 0 Å². The van der Waals surface area contributed by atoms with Crippen LogP contribution in [0.3, 0.4) is 0 Å². The number of rotatable bonds is 4. The second-order valence-electron chi connectivity index (χ2n) is 4.07. The number of aliphatic hydroxyl groups is 1. The van der Waals surface area contributed by atoms with E-state index in [0.717, 1.165) is 5.56 Å². The van der Waals surface area contributed by atoms with Crippen LogP contribution in [0.1, 0.15) is 11.1 Å². The van der Waals surface area contributed by atoms with E-state index < -0.39 is 0 Å². The SMILES string of the molecule is CNc1nc2c(C)cccn2c(=O)c1C=NCCO. The van der Waals surface area contributed by atoms with Crippen LogP contribution in [0.15, 0.2) is 28.1 Å². The summed E-state index contributed by atoms with van der Waals surface area (Å²) in [6.45, 7) is 2.12. The van der Waals surface area contributed by atoms with Crippen molar-refractivity contribution in [1.82, 2.24) is 9.38 Å². The van der Waals surface area contributed by atoms with E-state index in [1.165, 1.54) is 10.6 Å². The summed E-state index contributed by atoms with van der Waals surface area (Å²) in [5.74, 6) is 0.487. The Morgan fingerprint density at radius 3 is 3.05 bits per heavy atom. The Morgan fingerprint density at radius 1 is 1.58 bits per heavy atom. The summed E-state index contributed by atoms with van der Waals surface area (Å²) in [5, 5.41) is 11.6. The molecule has 2 rings (SSSR count). The third-order valence-corrected chi connectivity index (χ3v) is 2.77. The topological polar surface area (TPSA) is 79.0 Å². The van der Waals surface area contributed by atoms with Gasteiger partial charge in [0.2, 0.25) is 0 Å². The average Bonchev–Trinajstić information content (AvgIpc) is 2.42. The van der Waals surface area contributed by atoms with Crippen molar-refractivity contribution < 1.29 is 5.11 Å². The van der Waals surface area contributed by atoms with E-state index in [2.05, 4.69) is 15.3 Å². The van der Waals surface area contributed by atoms with Crippen molar-refractivity contribution in [2.75, 3.05) is 25.5 Å². The molecule has 0 aromatic carbocycles. The molecule has 100 valence electrons. The Labute approximate surface area is 110 Å². The highest BCUT2D eigenvalue weighted by Gasteiger charge is 2.10. The van der Waals surface area contributed by atoms with Gasteiger partial charge in [-0.3, -0.25) is 14.2 Å². The zero-order chi connectivity index (χ0) is 13.8. The molecule has 2 aromatic heterocycles. The van der Waals surface area contributed by atoms with Crippen LogP contribution in [0, 0.1) is 6.92 Å². The first-order valence-corrected chi connectivity index (χ1v) is 5.99. The Balaban J connectivity index is 2.70. The summed E-state index contributed by atoms with van der Waals surface area (Å²) in [4.78, 5) is 20.8. The molecular formula is C13H16N4O2. The molecule has 0 amide bonds. The molecule has 0 spiro atoms. The van der Waals surface area contributed by atoms with Crippen molar-refractivity contribution in [2.45, 2.75) is 6.92 Å². The molecule has 6 heteroatoms. The molecule has 2 aromatic rings. The molecule has 6 nitrogen and oxygen atoms in total. The van der Waals surface area contributed by atoms with Gasteiger partial charge in [-0.25, -0.2) is 4.98 Å². The van der Waals surface area contributed by atoms with Gasteiger partial charge >= 0.3 is 0 Å². The summed E-state index contributed by atoms with van der Waals surface area (Å²) >= 11 is 0. The quantitative estimate of drug-likeness (QED) is 0.783. The monoisotopic (exact) mass is 260 g/mol. The van der Waals surface area contributed by atoms with Crippen LogP contribution < -0.4 is 10.9 Å². The molecule has 0 fully saturated rings. The summed E-state index contributed by atoms with van der Waals surface area (Å²) in [6, 6.07) is 3.71. The second-order valence-corrected chi connectivity index (χ2v) is 4.07. The highest BCUT2D eigenvalue weighted by Crippen LogP contribution is 2.11. The van der Waals surface area contributed by atoms with Crippen molar-refractivity contribution in [1.29, 1.82) is 0 Å². The Kier molecular flexibility index (Phi) is 3.91. The largest absolute Gasteiger partial charge is 0.394 e. The third-order valence-electron chi connectivity index (χ3n) is 2.77. The van der Waals surface area contributed by atoms with Gasteiger partial charge in [0, 0.05) is 19.5 Å². The Morgan fingerprint density at radius 2 is 2.37 bits per heavy atom. The summed E-state index contributed by atoms with van der Waals surface area (Å²) in [6.07, 6.45) is 3.13. The Hall–Kier alpha value is -2.21. The van der Waals surface area contributed by atoms with Crippen molar-refractivity contribution in [3.63, 3.8) is 0 Å². The van der Waals surface area contributed by atoms with Crippen LogP contribution in [0.4, 0.5) is 5.82 Å². The number of hydrogen-bond acceptors (Lipinski definition) is 5. The number of nitrogens with zero attached hydrogens (tertiary/aromatic N) is 3. The van der Waals surface area contributed by atoms with Crippen molar-refractivity contribution in [3.8, 4) is 0 Å². The van der Waals surface area contributed by atoms with E-state index in [9.17, 15) is 4.79 Å². The first-order valence-electron chi connectivity index (χ1n) is 5.99. The fraction of sp³-hybridized carbons (Fsp3) is 0.308. The molecule has 0 saturated heterocycles. The summed E-state index contributed by atoms with van der Waals surface area (Å²) in [5.41, 5.74) is 1.75. The van der Waals surface area contributed by atoms with Gasteiger partial charge in [0.05, 0.1) is 13.2 Å². The third kappa shape index (κ3) is 2.48. The molecule has 19 heavy (non-hydrogen) atoms. The van der Waals surface area contributed by atoms with E-state index in [1.54, 1.807) is 19.3 Å². The molecule has 0 bridgehead atoms. The molecule has 0 aliphatic carbocycles. The van der Waals surface area contributed by atoms with Gasteiger partial charge in [-0.1, -0.05) is 6.07 Å². The molecule has 2 heterocycles. The number of aryl methyl sites for hydroxylation is 1. The first-order chi connectivity index (χ1) is 9.19. The molecule has 2 N–H and O–H groups in total. The predicted molar refractivity (Wildman–Crippen MR) is 75.3 cm³/mol. The first kappa shape index (κ1) is 13.2. The van der Waals surface area contributed by atoms with E-state index in [1.807, 2.05) is 13.0 Å². The molecule has 0 aliphatic heterocycles. The molecular weight excluding hydrogens is 244 g/mol. The highest BCUT2D eigenvalue weighted by atomic mass is 16.3. The second kappa shape index (κ2) is 5.62. The van der Waals surface area contributed by atoms with Crippen LogP contribution in [0.25, 0.3) is 5.65 Å². The van der Waals surface area contributed by atoms with Gasteiger partial charge in [0.1, 0.15) is 17.0 Å². The highest BCUT2D eigenvalue weighted by molar-refractivity contribution is 5.86. The van der Waals surface area contributed by atoms with Crippen LogP contribution in [-0.4, -0.2) is 40.9 Å². The lowest BCUT2D eigenvalue weighted by Gasteiger charge is -2.08. The standard InChI is InChI=1S/C13H16N4O2/c1-9-4-3-6-17-12(9)16-11(14-2)10(13(17)19)8-15-5-7-18/h3-4,6,8,14,18H,5,7H2,1-2H3. The Bertz CT molecular complexity index is 676. The number of pyridine rings is 1. The van der Waals surface area contributed by atoms with Crippen LogP contribution >= 0.6 is 0 Å². The van der Waals surface area contributed by atoms with E-state index >= 15 is 0 Å². The van der Waals surface area contributed by atoms with Crippen molar-refractivity contribution in [3.05, 3.63) is 39.8 Å². The molecule has 0 saturated carbocycles. The summed E-state index contributed by atoms with van der Waals surface area (Å²) < 4.78 is 1.50. The molecule has 0 unspecified atom stereocenters.